The normalized spacial score (nSPS) is 13.5. The van der Waals surface area contributed by atoms with Crippen LogP contribution in [0.2, 0.25) is 0 Å². The number of aliphatic carboxylic acids is 1. The molecule has 176 valence electrons. The van der Waals surface area contributed by atoms with Crippen molar-refractivity contribution in [3.05, 3.63) is 59.7 Å². The maximum absolute atomic E-state index is 12.2. The summed E-state index contributed by atoms with van der Waals surface area (Å²) in [4.78, 5) is 34.4. The summed E-state index contributed by atoms with van der Waals surface area (Å²) in [6.07, 6.45) is -5.58. The third-order valence-corrected chi connectivity index (χ3v) is 5.40. The number of unbranched alkanes of at least 4 members (excludes halogenated alkanes) is 1. The van der Waals surface area contributed by atoms with Crippen molar-refractivity contribution in [2.24, 2.45) is 0 Å². The first kappa shape index (κ1) is 24.1. The predicted molar refractivity (Wildman–Crippen MR) is 113 cm³/mol. The number of rotatable bonds is 9. The van der Waals surface area contributed by atoms with Crippen LogP contribution in [0.25, 0.3) is 11.1 Å². The third-order valence-electron chi connectivity index (χ3n) is 5.40. The van der Waals surface area contributed by atoms with E-state index in [4.69, 9.17) is 4.74 Å². The Kier molecular flexibility index (Phi) is 7.57. The molecule has 0 radical (unpaired) electrons. The molecule has 3 N–H and O–H groups in total. The average molecular weight is 464 g/mol. The van der Waals surface area contributed by atoms with E-state index in [1.54, 1.807) is 5.32 Å². The van der Waals surface area contributed by atoms with Gasteiger partial charge in [-0.1, -0.05) is 48.5 Å². The van der Waals surface area contributed by atoms with Crippen molar-refractivity contribution < 1.29 is 37.4 Å². The lowest BCUT2D eigenvalue weighted by atomic mass is 9.98. The molecule has 3 rings (SSSR count). The highest BCUT2D eigenvalue weighted by atomic mass is 19.4. The number of alkyl halides is 3. The molecule has 2 amide bonds. The summed E-state index contributed by atoms with van der Waals surface area (Å²) in [5, 5.41) is 13.3. The average Bonchev–Trinajstić information content (AvgIpc) is 3.09. The van der Waals surface area contributed by atoms with E-state index >= 15 is 0 Å². The van der Waals surface area contributed by atoms with E-state index in [2.05, 4.69) is 5.32 Å². The molecule has 0 fully saturated rings. The van der Waals surface area contributed by atoms with Crippen molar-refractivity contribution in [2.75, 3.05) is 13.2 Å². The van der Waals surface area contributed by atoms with Crippen LogP contribution in [-0.4, -0.2) is 48.4 Å². The monoisotopic (exact) mass is 464 g/mol. The number of benzene rings is 2. The second kappa shape index (κ2) is 10.4. The number of nitrogens with one attached hydrogen (secondary N) is 2. The second-order valence-corrected chi connectivity index (χ2v) is 7.61. The number of amides is 2. The predicted octanol–water partition coefficient (Wildman–Crippen LogP) is 3.83. The molecule has 10 heteroatoms. The fourth-order valence-corrected chi connectivity index (χ4v) is 3.82. The molecule has 0 aliphatic heterocycles. The summed E-state index contributed by atoms with van der Waals surface area (Å²) in [5.74, 6) is -3.51. The molecule has 33 heavy (non-hydrogen) atoms. The van der Waals surface area contributed by atoms with Gasteiger partial charge in [0, 0.05) is 12.5 Å². The molecule has 0 spiro atoms. The highest BCUT2D eigenvalue weighted by Gasteiger charge is 2.38. The van der Waals surface area contributed by atoms with Gasteiger partial charge in [-0.15, -0.1) is 0 Å². The standard InChI is InChI=1S/C23H23F3N2O5/c24-23(25,26)21(31)27-12-6-5-11-19(20(29)30)28-22(32)33-13-18-16-9-3-1-7-14(16)15-8-2-4-10-17(15)18/h1-4,7-10,18-19H,5-6,11-13H2,(H,27,31)(H,28,32)(H,29,30). The van der Waals surface area contributed by atoms with Crippen LogP contribution in [0.1, 0.15) is 36.3 Å². The van der Waals surface area contributed by atoms with Gasteiger partial charge in [-0.25, -0.2) is 9.59 Å². The molecule has 0 aromatic heterocycles. The van der Waals surface area contributed by atoms with Gasteiger partial charge in [-0.2, -0.15) is 13.2 Å². The summed E-state index contributed by atoms with van der Waals surface area (Å²) in [6.45, 7) is -0.231. The van der Waals surface area contributed by atoms with Crippen LogP contribution in [-0.2, 0) is 14.3 Å². The lowest BCUT2D eigenvalue weighted by Gasteiger charge is -2.17. The highest BCUT2D eigenvalue weighted by molar-refractivity contribution is 5.82. The first-order chi connectivity index (χ1) is 15.7. The number of fused-ring (bicyclic) bond motifs is 3. The number of carbonyl (C=O) groups is 3. The highest BCUT2D eigenvalue weighted by Crippen LogP contribution is 2.44. The summed E-state index contributed by atoms with van der Waals surface area (Å²) in [7, 11) is 0. The van der Waals surface area contributed by atoms with Crippen molar-refractivity contribution in [1.82, 2.24) is 10.6 Å². The molecule has 1 aliphatic carbocycles. The van der Waals surface area contributed by atoms with E-state index in [0.29, 0.717) is 0 Å². The van der Waals surface area contributed by atoms with Gasteiger partial charge in [0.15, 0.2) is 0 Å². The quantitative estimate of drug-likeness (QED) is 0.490. The van der Waals surface area contributed by atoms with Crippen LogP contribution >= 0.6 is 0 Å². The number of ether oxygens (including phenoxy) is 1. The van der Waals surface area contributed by atoms with E-state index in [9.17, 15) is 32.7 Å². The van der Waals surface area contributed by atoms with Crippen molar-refractivity contribution in [3.63, 3.8) is 0 Å². The van der Waals surface area contributed by atoms with Crippen LogP contribution in [0.4, 0.5) is 18.0 Å². The molecule has 2 aromatic rings. The van der Waals surface area contributed by atoms with Gasteiger partial charge < -0.3 is 20.5 Å². The van der Waals surface area contributed by atoms with Crippen LogP contribution in [0.5, 0.6) is 0 Å². The maximum atomic E-state index is 12.2. The number of halogens is 3. The lowest BCUT2D eigenvalue weighted by molar-refractivity contribution is -0.173. The minimum absolute atomic E-state index is 0.0235. The van der Waals surface area contributed by atoms with Crippen molar-refractivity contribution in [2.45, 2.75) is 37.4 Å². The first-order valence-electron chi connectivity index (χ1n) is 10.4. The van der Waals surface area contributed by atoms with Gasteiger partial charge in [-0.3, -0.25) is 4.79 Å². The number of hydrogen-bond donors (Lipinski definition) is 3. The molecular formula is C23H23F3N2O5. The van der Waals surface area contributed by atoms with Gasteiger partial charge >= 0.3 is 24.1 Å². The molecule has 0 saturated carbocycles. The maximum Gasteiger partial charge on any atom is 0.471 e. The number of carbonyl (C=O) groups excluding carboxylic acids is 2. The second-order valence-electron chi connectivity index (χ2n) is 7.61. The Bertz CT molecular complexity index is 980. The van der Waals surface area contributed by atoms with E-state index in [1.165, 1.54) is 0 Å². The Morgan fingerprint density at radius 3 is 2.09 bits per heavy atom. The largest absolute Gasteiger partial charge is 0.480 e. The van der Waals surface area contributed by atoms with Gasteiger partial charge in [0.05, 0.1) is 0 Å². The zero-order valence-corrected chi connectivity index (χ0v) is 17.5. The molecule has 0 saturated heterocycles. The molecule has 2 aromatic carbocycles. The molecular weight excluding hydrogens is 441 g/mol. The molecule has 0 heterocycles. The van der Waals surface area contributed by atoms with Gasteiger partial charge in [0.2, 0.25) is 0 Å². The van der Waals surface area contributed by atoms with Gasteiger partial charge in [-0.05, 0) is 41.5 Å². The van der Waals surface area contributed by atoms with Crippen LogP contribution in [0, 0.1) is 0 Å². The Morgan fingerprint density at radius 1 is 0.970 bits per heavy atom. The molecule has 0 bridgehead atoms. The Hall–Kier alpha value is -3.56. The Labute approximate surface area is 187 Å². The van der Waals surface area contributed by atoms with Crippen LogP contribution < -0.4 is 10.6 Å². The summed E-state index contributed by atoms with van der Waals surface area (Å²) >= 11 is 0. The fraction of sp³-hybridized carbons (Fsp3) is 0.348. The minimum atomic E-state index is -4.96. The van der Waals surface area contributed by atoms with Gasteiger partial charge in [0.1, 0.15) is 12.6 Å². The van der Waals surface area contributed by atoms with Crippen LogP contribution in [0.3, 0.4) is 0 Å². The summed E-state index contributed by atoms with van der Waals surface area (Å²) in [6, 6.07) is 14.3. The zero-order chi connectivity index (χ0) is 24.0. The molecule has 7 nitrogen and oxygen atoms in total. The van der Waals surface area contributed by atoms with Crippen molar-refractivity contribution >= 4 is 18.0 Å². The Balaban J connectivity index is 1.49. The van der Waals surface area contributed by atoms with E-state index in [1.807, 2.05) is 48.5 Å². The lowest BCUT2D eigenvalue weighted by Crippen LogP contribution is -2.41. The summed E-state index contributed by atoms with van der Waals surface area (Å²) in [5.41, 5.74) is 4.15. The minimum Gasteiger partial charge on any atom is -0.480 e. The van der Waals surface area contributed by atoms with E-state index < -0.39 is 30.2 Å². The van der Waals surface area contributed by atoms with Crippen LogP contribution in [0.15, 0.2) is 48.5 Å². The molecule has 1 aliphatic rings. The fourth-order valence-electron chi connectivity index (χ4n) is 3.82. The zero-order valence-electron chi connectivity index (χ0n) is 17.5. The Morgan fingerprint density at radius 2 is 1.55 bits per heavy atom. The van der Waals surface area contributed by atoms with Crippen molar-refractivity contribution in [1.29, 1.82) is 0 Å². The number of carboxylic acid groups (broad SMARTS) is 1. The number of carboxylic acids is 1. The van der Waals surface area contributed by atoms with E-state index in [0.717, 1.165) is 22.3 Å². The SMILES string of the molecule is O=C(NC(CCCCNC(=O)C(F)(F)F)C(=O)O)OCC1c2ccccc2-c2ccccc21. The van der Waals surface area contributed by atoms with Gasteiger partial charge in [0.25, 0.3) is 0 Å². The molecule has 1 atom stereocenters. The first-order valence-corrected chi connectivity index (χ1v) is 10.4. The summed E-state index contributed by atoms with van der Waals surface area (Å²) < 4.78 is 41.7. The smallest absolute Gasteiger partial charge is 0.471 e. The van der Waals surface area contributed by atoms with E-state index in [-0.39, 0.29) is 38.3 Å². The third kappa shape index (κ3) is 6.03. The number of hydrogen-bond acceptors (Lipinski definition) is 4. The topological polar surface area (TPSA) is 105 Å². The number of alkyl carbamates (subject to hydrolysis) is 1. The van der Waals surface area contributed by atoms with Crippen molar-refractivity contribution in [3.8, 4) is 11.1 Å². The molecule has 1 unspecified atom stereocenters.